The molecule has 1 aliphatic carbocycles. The molecule has 1 aliphatic rings. The molecule has 1 fully saturated rings. The van der Waals surface area contributed by atoms with Crippen molar-refractivity contribution in [1.82, 2.24) is 4.98 Å². The van der Waals surface area contributed by atoms with Gasteiger partial charge in [-0.05, 0) is 25.3 Å². The number of hydrogen-bond donors (Lipinski definition) is 2. The maximum absolute atomic E-state index is 11.0. The van der Waals surface area contributed by atoms with E-state index in [9.17, 15) is 10.1 Å². The number of pyridine rings is 1. The average molecular weight is 279 g/mol. The van der Waals surface area contributed by atoms with Crippen molar-refractivity contribution in [3.63, 3.8) is 0 Å². The maximum Gasteiger partial charge on any atom is 0.298 e. The van der Waals surface area contributed by atoms with Gasteiger partial charge in [-0.1, -0.05) is 12.1 Å². The number of nitrogens with two attached hydrogens (primary N) is 1. The van der Waals surface area contributed by atoms with Crippen molar-refractivity contribution in [1.29, 1.82) is 0 Å². The van der Waals surface area contributed by atoms with Crippen molar-refractivity contribution in [3.05, 3.63) is 27.9 Å². The molecule has 0 radical (unpaired) electrons. The molecule has 1 saturated carbocycles. The highest BCUT2D eigenvalue weighted by Crippen LogP contribution is 2.32. The van der Waals surface area contributed by atoms with Crippen LogP contribution in [0.4, 0.5) is 11.5 Å². The Labute approximate surface area is 116 Å². The largest absolute Gasteiger partial charge is 0.409 e. The van der Waals surface area contributed by atoms with Gasteiger partial charge in [-0.15, -0.1) is 0 Å². The van der Waals surface area contributed by atoms with E-state index in [1.165, 1.54) is 6.07 Å². The van der Waals surface area contributed by atoms with Crippen LogP contribution in [-0.4, -0.2) is 33.5 Å². The fraction of sp³-hybridized carbons (Fsp3) is 0.500. The number of nitro groups is 1. The number of amidine groups is 1. The van der Waals surface area contributed by atoms with E-state index >= 15 is 0 Å². The average Bonchev–Trinajstić information content (AvgIpc) is 3.27. The first-order valence-electron chi connectivity index (χ1n) is 6.48. The summed E-state index contributed by atoms with van der Waals surface area (Å²) in [6.07, 6.45) is 3.14. The number of oxime groups is 1. The van der Waals surface area contributed by atoms with Crippen LogP contribution in [0.2, 0.25) is 0 Å². The molecule has 1 heterocycles. The quantitative estimate of drug-likeness (QED) is 0.267. The third-order valence-electron chi connectivity index (χ3n) is 3.15. The van der Waals surface area contributed by atoms with Crippen LogP contribution < -0.4 is 10.6 Å². The van der Waals surface area contributed by atoms with Crippen LogP contribution in [0, 0.1) is 10.1 Å². The summed E-state index contributed by atoms with van der Waals surface area (Å²) in [6, 6.07) is 3.39. The lowest BCUT2D eigenvalue weighted by Gasteiger charge is -2.23. The van der Waals surface area contributed by atoms with Gasteiger partial charge in [0.1, 0.15) is 5.82 Å². The fourth-order valence-electron chi connectivity index (χ4n) is 2.10. The molecule has 1 aromatic rings. The highest BCUT2D eigenvalue weighted by molar-refractivity contribution is 5.99. The summed E-state index contributed by atoms with van der Waals surface area (Å²) < 4.78 is 0. The van der Waals surface area contributed by atoms with Gasteiger partial charge in [0.25, 0.3) is 5.69 Å². The molecule has 0 saturated heterocycles. The SMILES string of the molecule is CCCN(c1ccc([N+](=O)[O-])c(/C(N)=N/O)n1)C1CC1. The normalized spacial score (nSPS) is 15.2. The zero-order chi connectivity index (χ0) is 14.7. The highest BCUT2D eigenvalue weighted by atomic mass is 16.6. The van der Waals surface area contributed by atoms with Gasteiger partial charge in [0.05, 0.1) is 4.92 Å². The minimum Gasteiger partial charge on any atom is -0.409 e. The third-order valence-corrected chi connectivity index (χ3v) is 3.15. The second kappa shape index (κ2) is 5.72. The molecule has 0 bridgehead atoms. The van der Waals surface area contributed by atoms with E-state index < -0.39 is 4.92 Å². The summed E-state index contributed by atoms with van der Waals surface area (Å²) in [7, 11) is 0. The van der Waals surface area contributed by atoms with Crippen LogP contribution in [0.15, 0.2) is 17.3 Å². The highest BCUT2D eigenvalue weighted by Gasteiger charge is 2.31. The summed E-state index contributed by atoms with van der Waals surface area (Å²) in [5.41, 5.74) is 5.11. The third kappa shape index (κ3) is 2.79. The van der Waals surface area contributed by atoms with Gasteiger partial charge >= 0.3 is 0 Å². The van der Waals surface area contributed by atoms with E-state index in [2.05, 4.69) is 22.0 Å². The van der Waals surface area contributed by atoms with Crippen molar-refractivity contribution in [2.75, 3.05) is 11.4 Å². The molecular formula is C12H17N5O3. The second-order valence-corrected chi connectivity index (χ2v) is 4.70. The molecule has 0 aromatic carbocycles. The zero-order valence-electron chi connectivity index (χ0n) is 11.2. The zero-order valence-corrected chi connectivity index (χ0v) is 11.2. The van der Waals surface area contributed by atoms with Crippen molar-refractivity contribution in [2.45, 2.75) is 32.2 Å². The molecule has 1 aromatic heterocycles. The van der Waals surface area contributed by atoms with Crippen LogP contribution >= 0.6 is 0 Å². The van der Waals surface area contributed by atoms with Crippen LogP contribution in [0.3, 0.4) is 0 Å². The summed E-state index contributed by atoms with van der Waals surface area (Å²) in [5, 5.41) is 22.5. The summed E-state index contributed by atoms with van der Waals surface area (Å²) >= 11 is 0. The van der Waals surface area contributed by atoms with E-state index in [0.717, 1.165) is 25.8 Å². The Hall–Kier alpha value is -2.38. The Morgan fingerprint density at radius 1 is 1.65 bits per heavy atom. The standard InChI is InChI=1S/C12H17N5O3/c1-2-7-16(8-3-4-8)10-6-5-9(17(19)20)11(14-10)12(13)15-18/h5-6,8,18H,2-4,7H2,1H3,(H2,13,15). The molecule has 20 heavy (non-hydrogen) atoms. The van der Waals surface area contributed by atoms with Gasteiger partial charge in [0.2, 0.25) is 0 Å². The van der Waals surface area contributed by atoms with E-state index in [4.69, 9.17) is 10.9 Å². The molecular weight excluding hydrogens is 262 g/mol. The molecule has 108 valence electrons. The van der Waals surface area contributed by atoms with Crippen molar-refractivity contribution >= 4 is 17.3 Å². The van der Waals surface area contributed by atoms with Gasteiger partial charge < -0.3 is 15.8 Å². The topological polar surface area (TPSA) is 118 Å². The van der Waals surface area contributed by atoms with Gasteiger partial charge in [-0.3, -0.25) is 10.1 Å². The molecule has 0 amide bonds. The lowest BCUT2D eigenvalue weighted by atomic mass is 10.2. The smallest absolute Gasteiger partial charge is 0.298 e. The van der Waals surface area contributed by atoms with Crippen LogP contribution in [0.5, 0.6) is 0 Å². The van der Waals surface area contributed by atoms with Crippen LogP contribution in [0.25, 0.3) is 0 Å². The number of rotatable bonds is 6. The first kappa shape index (κ1) is 14.0. The Morgan fingerprint density at radius 2 is 2.35 bits per heavy atom. The lowest BCUT2D eigenvalue weighted by molar-refractivity contribution is -0.385. The molecule has 3 N–H and O–H groups in total. The van der Waals surface area contributed by atoms with Crippen molar-refractivity contribution in [3.8, 4) is 0 Å². The lowest BCUT2D eigenvalue weighted by Crippen LogP contribution is -2.28. The Bertz CT molecular complexity index is 542. The minimum absolute atomic E-state index is 0.100. The molecule has 8 nitrogen and oxygen atoms in total. The summed E-state index contributed by atoms with van der Waals surface area (Å²) in [6.45, 7) is 2.89. The fourth-order valence-corrected chi connectivity index (χ4v) is 2.10. The predicted molar refractivity (Wildman–Crippen MR) is 74.1 cm³/mol. The number of hydrogen-bond acceptors (Lipinski definition) is 6. The van der Waals surface area contributed by atoms with Gasteiger partial charge in [-0.2, -0.15) is 0 Å². The van der Waals surface area contributed by atoms with E-state index in [-0.39, 0.29) is 17.2 Å². The van der Waals surface area contributed by atoms with E-state index in [1.54, 1.807) is 6.07 Å². The first-order chi connectivity index (χ1) is 9.58. The van der Waals surface area contributed by atoms with Crippen LogP contribution in [-0.2, 0) is 0 Å². The molecule has 0 atom stereocenters. The Balaban J connectivity index is 2.42. The van der Waals surface area contributed by atoms with E-state index in [1.807, 2.05) is 0 Å². The molecule has 8 heteroatoms. The number of nitrogens with zero attached hydrogens (tertiary/aromatic N) is 4. The molecule has 0 spiro atoms. The predicted octanol–water partition coefficient (Wildman–Crippen LogP) is 1.46. The summed E-state index contributed by atoms with van der Waals surface area (Å²) in [4.78, 5) is 16.7. The Morgan fingerprint density at radius 3 is 2.85 bits per heavy atom. The minimum atomic E-state index is -0.592. The van der Waals surface area contributed by atoms with E-state index in [0.29, 0.717) is 11.9 Å². The van der Waals surface area contributed by atoms with Gasteiger partial charge in [0.15, 0.2) is 11.5 Å². The maximum atomic E-state index is 11.0. The van der Waals surface area contributed by atoms with Crippen molar-refractivity contribution in [2.24, 2.45) is 10.9 Å². The van der Waals surface area contributed by atoms with Gasteiger partial charge in [0, 0.05) is 18.7 Å². The molecule has 2 rings (SSSR count). The summed E-state index contributed by atoms with van der Waals surface area (Å²) in [5.74, 6) is 0.271. The monoisotopic (exact) mass is 279 g/mol. The Kier molecular flexibility index (Phi) is 4.02. The molecule has 0 aliphatic heterocycles. The van der Waals surface area contributed by atoms with Crippen LogP contribution in [0.1, 0.15) is 31.9 Å². The van der Waals surface area contributed by atoms with Crippen molar-refractivity contribution < 1.29 is 10.1 Å². The van der Waals surface area contributed by atoms with Gasteiger partial charge in [-0.25, -0.2) is 4.98 Å². The molecule has 0 unspecified atom stereocenters. The number of aromatic nitrogens is 1. The number of anilines is 1. The second-order valence-electron chi connectivity index (χ2n) is 4.70. The first-order valence-corrected chi connectivity index (χ1v) is 6.48.